The van der Waals surface area contributed by atoms with Gasteiger partial charge < -0.3 is 10.1 Å². The van der Waals surface area contributed by atoms with Crippen molar-refractivity contribution in [3.8, 4) is 5.75 Å². The lowest BCUT2D eigenvalue weighted by Crippen LogP contribution is -2.16. The van der Waals surface area contributed by atoms with Crippen molar-refractivity contribution >= 4 is 27.5 Å². The van der Waals surface area contributed by atoms with Crippen LogP contribution >= 0.6 is 15.9 Å². The number of ether oxygens (including phenoxy) is 1. The molecule has 1 fully saturated rings. The van der Waals surface area contributed by atoms with E-state index in [2.05, 4.69) is 41.2 Å². The van der Waals surface area contributed by atoms with Crippen molar-refractivity contribution in [2.45, 2.75) is 76.5 Å². The quantitative estimate of drug-likeness (QED) is 0.526. The number of anilines is 1. The van der Waals surface area contributed by atoms with Crippen LogP contribution in [0.15, 0.2) is 18.2 Å². The number of amides is 1. The molecule has 0 bridgehead atoms. The number of rotatable bonds is 8. The Morgan fingerprint density at radius 3 is 2.64 bits per heavy atom. The highest BCUT2D eigenvalue weighted by molar-refractivity contribution is 9.10. The van der Waals surface area contributed by atoms with Gasteiger partial charge in [0.05, 0.1) is 12.3 Å². The molecular weight excluding hydrogens is 378 g/mol. The molecular formula is C21H32BrNO2. The first-order valence-corrected chi connectivity index (χ1v) is 10.4. The molecule has 1 N–H and O–H groups in total. The van der Waals surface area contributed by atoms with E-state index in [1.165, 1.54) is 37.7 Å². The molecule has 1 aromatic rings. The normalized spacial score (nSPS) is 15.8. The van der Waals surface area contributed by atoms with Gasteiger partial charge in [-0.15, -0.1) is 0 Å². The smallest absolute Gasteiger partial charge is 0.224 e. The van der Waals surface area contributed by atoms with Gasteiger partial charge in [0.2, 0.25) is 5.91 Å². The molecule has 1 aliphatic rings. The van der Waals surface area contributed by atoms with E-state index >= 15 is 0 Å². The number of benzene rings is 1. The molecule has 0 atom stereocenters. The highest BCUT2D eigenvalue weighted by atomic mass is 79.9. The molecule has 0 aliphatic heterocycles. The van der Waals surface area contributed by atoms with E-state index in [1.54, 1.807) is 0 Å². The third-order valence-electron chi connectivity index (χ3n) is 4.75. The third-order valence-corrected chi connectivity index (χ3v) is 5.03. The molecule has 140 valence electrons. The van der Waals surface area contributed by atoms with Crippen LogP contribution in [0.25, 0.3) is 0 Å². The van der Waals surface area contributed by atoms with Gasteiger partial charge in [-0.2, -0.15) is 0 Å². The highest BCUT2D eigenvalue weighted by Gasteiger charge is 2.17. The number of hydrogen-bond donors (Lipinski definition) is 1. The second kappa shape index (κ2) is 9.61. The zero-order valence-electron chi connectivity index (χ0n) is 15.9. The van der Waals surface area contributed by atoms with Gasteiger partial charge in [0.1, 0.15) is 5.75 Å². The van der Waals surface area contributed by atoms with Crippen molar-refractivity contribution < 1.29 is 9.53 Å². The van der Waals surface area contributed by atoms with Crippen molar-refractivity contribution in [3.05, 3.63) is 23.8 Å². The molecule has 2 rings (SSSR count). The van der Waals surface area contributed by atoms with Gasteiger partial charge in [0.15, 0.2) is 0 Å². The molecule has 0 aromatic heterocycles. The van der Waals surface area contributed by atoms with E-state index < -0.39 is 0 Å². The summed E-state index contributed by atoms with van der Waals surface area (Å²) in [5.41, 5.74) is 1.98. The minimum Gasteiger partial charge on any atom is -0.492 e. The molecule has 1 aromatic carbocycles. The second-order valence-electron chi connectivity index (χ2n) is 7.75. The minimum atomic E-state index is 0.0429. The monoisotopic (exact) mass is 409 g/mol. The van der Waals surface area contributed by atoms with E-state index in [0.29, 0.717) is 13.0 Å². The van der Waals surface area contributed by atoms with E-state index in [-0.39, 0.29) is 10.2 Å². The molecule has 25 heavy (non-hydrogen) atoms. The maximum Gasteiger partial charge on any atom is 0.224 e. The minimum absolute atomic E-state index is 0.0429. The third kappa shape index (κ3) is 7.39. The van der Waals surface area contributed by atoms with Crippen molar-refractivity contribution in [1.29, 1.82) is 0 Å². The summed E-state index contributed by atoms with van der Waals surface area (Å²) in [5.74, 6) is 1.59. The molecule has 0 saturated heterocycles. The fourth-order valence-corrected chi connectivity index (χ4v) is 3.89. The van der Waals surface area contributed by atoms with Crippen LogP contribution in [-0.2, 0) is 11.2 Å². The number of halogens is 1. The fourth-order valence-electron chi connectivity index (χ4n) is 3.56. The van der Waals surface area contributed by atoms with Gasteiger partial charge in [0, 0.05) is 10.7 Å². The molecule has 0 radical (unpaired) electrons. The van der Waals surface area contributed by atoms with Crippen LogP contribution in [0.2, 0.25) is 0 Å². The molecule has 1 saturated carbocycles. The Labute approximate surface area is 161 Å². The van der Waals surface area contributed by atoms with Crippen LogP contribution in [-0.4, -0.2) is 16.8 Å². The summed E-state index contributed by atoms with van der Waals surface area (Å²) >= 11 is 3.69. The van der Waals surface area contributed by atoms with Crippen molar-refractivity contribution in [3.63, 3.8) is 0 Å². The molecule has 0 heterocycles. The molecule has 1 amide bonds. The number of alkyl halides is 1. The lowest BCUT2D eigenvalue weighted by atomic mass is 9.86. The lowest BCUT2D eigenvalue weighted by molar-refractivity contribution is -0.116. The largest absolute Gasteiger partial charge is 0.492 e. The van der Waals surface area contributed by atoms with Gasteiger partial charge >= 0.3 is 0 Å². The van der Waals surface area contributed by atoms with E-state index in [4.69, 9.17) is 4.74 Å². The number of carbonyl (C=O) groups is 1. The highest BCUT2D eigenvalue weighted by Crippen LogP contribution is 2.31. The van der Waals surface area contributed by atoms with Crippen LogP contribution in [0.5, 0.6) is 5.75 Å². The Morgan fingerprint density at radius 2 is 2.00 bits per heavy atom. The summed E-state index contributed by atoms with van der Waals surface area (Å²) in [6, 6.07) is 6.09. The summed E-state index contributed by atoms with van der Waals surface area (Å²) in [6.45, 7) is 6.85. The average Bonchev–Trinajstić information content (AvgIpc) is 2.55. The summed E-state index contributed by atoms with van der Waals surface area (Å²) in [5, 5.41) is 3.05. The van der Waals surface area contributed by atoms with Crippen LogP contribution in [0.3, 0.4) is 0 Å². The first-order chi connectivity index (χ1) is 11.9. The van der Waals surface area contributed by atoms with Crippen LogP contribution in [0, 0.1) is 5.92 Å². The second-order valence-corrected chi connectivity index (χ2v) is 9.90. The Hall–Kier alpha value is -1.03. The summed E-state index contributed by atoms with van der Waals surface area (Å²) in [4.78, 5) is 12.4. The maximum atomic E-state index is 12.4. The topological polar surface area (TPSA) is 38.3 Å². The van der Waals surface area contributed by atoms with Crippen LogP contribution in [0.1, 0.15) is 71.3 Å². The molecule has 0 unspecified atom stereocenters. The predicted molar refractivity (Wildman–Crippen MR) is 109 cm³/mol. The van der Waals surface area contributed by atoms with E-state index in [1.807, 2.05) is 19.1 Å². The van der Waals surface area contributed by atoms with Crippen molar-refractivity contribution in [2.75, 3.05) is 11.9 Å². The molecule has 3 nitrogen and oxygen atoms in total. The van der Waals surface area contributed by atoms with Gasteiger partial charge in [-0.3, -0.25) is 4.79 Å². The van der Waals surface area contributed by atoms with Crippen LogP contribution in [0.4, 0.5) is 5.69 Å². The summed E-state index contributed by atoms with van der Waals surface area (Å²) in [7, 11) is 0. The Kier molecular flexibility index (Phi) is 7.80. The number of carbonyl (C=O) groups excluding carboxylic acids is 1. The maximum absolute atomic E-state index is 12.4. The van der Waals surface area contributed by atoms with Gasteiger partial charge in [0.25, 0.3) is 0 Å². The van der Waals surface area contributed by atoms with Gasteiger partial charge in [-0.25, -0.2) is 0 Å². The van der Waals surface area contributed by atoms with E-state index in [0.717, 1.165) is 30.2 Å². The zero-order chi connectivity index (χ0) is 18.3. The Morgan fingerprint density at radius 1 is 1.28 bits per heavy atom. The van der Waals surface area contributed by atoms with E-state index in [9.17, 15) is 4.79 Å². The summed E-state index contributed by atoms with van der Waals surface area (Å²) < 4.78 is 5.80. The van der Waals surface area contributed by atoms with Crippen LogP contribution < -0.4 is 10.1 Å². The standard InChI is InChI=1S/C21H32BrNO2/c1-4-25-19-14-17(15-21(2,3)22)10-12-18(19)23-20(24)13-11-16-8-6-5-7-9-16/h10,12,14,16H,4-9,11,13,15H2,1-3H3,(H,23,24). The zero-order valence-corrected chi connectivity index (χ0v) is 17.5. The predicted octanol–water partition coefficient (Wildman–Crippen LogP) is 6.10. The Balaban J connectivity index is 1.95. The number of hydrogen-bond acceptors (Lipinski definition) is 2. The molecule has 0 spiro atoms. The van der Waals surface area contributed by atoms with Gasteiger partial charge in [-0.05, 0) is 57.2 Å². The fraction of sp³-hybridized carbons (Fsp3) is 0.667. The lowest BCUT2D eigenvalue weighted by Gasteiger charge is -2.21. The first kappa shape index (κ1) is 20.3. The Bertz CT molecular complexity index is 560. The number of nitrogens with one attached hydrogen (secondary N) is 1. The van der Waals surface area contributed by atoms with Gasteiger partial charge in [-0.1, -0.05) is 54.1 Å². The molecule has 1 aliphatic carbocycles. The SMILES string of the molecule is CCOc1cc(CC(C)(C)Br)ccc1NC(=O)CCC1CCCCC1. The summed E-state index contributed by atoms with van der Waals surface area (Å²) in [6.07, 6.45) is 9.10. The van der Waals surface area contributed by atoms with Crippen molar-refractivity contribution in [1.82, 2.24) is 0 Å². The molecule has 4 heteroatoms. The van der Waals surface area contributed by atoms with Crippen molar-refractivity contribution in [2.24, 2.45) is 5.92 Å². The first-order valence-electron chi connectivity index (χ1n) is 9.62. The average molecular weight is 410 g/mol.